The van der Waals surface area contributed by atoms with Crippen LogP contribution in [-0.2, 0) is 22.9 Å². The zero-order chi connectivity index (χ0) is 24.1. The molecule has 0 saturated carbocycles. The molecule has 2 amide bonds. The Hall–Kier alpha value is -3.65. The number of benzene rings is 3. The normalized spacial score (nSPS) is 13.1. The van der Waals surface area contributed by atoms with E-state index in [1.807, 2.05) is 30.3 Å². The van der Waals surface area contributed by atoms with Gasteiger partial charge in [0, 0.05) is 18.7 Å². The fourth-order valence-electron chi connectivity index (χ4n) is 4.09. The second-order valence-electron chi connectivity index (χ2n) is 8.27. The largest absolute Gasteiger partial charge is 0.352 e. The summed E-state index contributed by atoms with van der Waals surface area (Å²) >= 11 is 0. The van der Waals surface area contributed by atoms with Gasteiger partial charge >= 0.3 is 0 Å². The molecule has 0 unspecified atom stereocenters. The molecule has 0 aromatic heterocycles. The Morgan fingerprint density at radius 3 is 2.44 bits per heavy atom. The van der Waals surface area contributed by atoms with Crippen LogP contribution in [0.4, 0.5) is 11.4 Å². The van der Waals surface area contributed by atoms with Crippen LogP contribution in [0.1, 0.15) is 38.3 Å². The van der Waals surface area contributed by atoms with Crippen molar-refractivity contribution in [3.05, 3.63) is 95.1 Å². The smallest absolute Gasteiger partial charge is 0.255 e. The van der Waals surface area contributed by atoms with E-state index in [0.29, 0.717) is 54.9 Å². The van der Waals surface area contributed by atoms with Gasteiger partial charge < -0.3 is 10.6 Å². The summed E-state index contributed by atoms with van der Waals surface area (Å²) in [5, 5.41) is 5.74. The highest BCUT2D eigenvalue weighted by Gasteiger charge is 2.25. The number of rotatable bonds is 7. The highest BCUT2D eigenvalue weighted by molar-refractivity contribution is 7.92. The molecule has 0 fully saturated rings. The Labute approximate surface area is 199 Å². The van der Waals surface area contributed by atoms with Gasteiger partial charge in [-0.25, -0.2) is 8.42 Å². The van der Waals surface area contributed by atoms with Crippen LogP contribution in [-0.4, -0.2) is 39.6 Å². The van der Waals surface area contributed by atoms with Crippen LogP contribution in [0.25, 0.3) is 0 Å². The summed E-state index contributed by atoms with van der Waals surface area (Å²) in [5.74, 6) is -0.620. The first-order valence-electron chi connectivity index (χ1n) is 11.2. The van der Waals surface area contributed by atoms with Crippen LogP contribution < -0.4 is 14.9 Å². The van der Waals surface area contributed by atoms with Crippen LogP contribution in [0.2, 0.25) is 0 Å². The number of aryl methyl sites for hydroxylation is 1. The second-order valence-corrected chi connectivity index (χ2v) is 10.2. The number of carbonyl (C=O) groups is 2. The molecular formula is C26H27N3O4S. The third-order valence-electron chi connectivity index (χ3n) is 5.78. The molecule has 0 spiro atoms. The number of nitrogens with one attached hydrogen (secondary N) is 2. The van der Waals surface area contributed by atoms with Crippen molar-refractivity contribution in [3.63, 3.8) is 0 Å². The molecule has 3 aromatic rings. The summed E-state index contributed by atoms with van der Waals surface area (Å²) in [5.41, 5.74) is 3.77. The average Bonchev–Trinajstić information content (AvgIpc) is 2.83. The molecule has 176 valence electrons. The molecule has 0 radical (unpaired) electrons. The molecule has 0 aliphatic carbocycles. The fraction of sp³-hybridized carbons (Fsp3) is 0.231. The molecule has 0 bridgehead atoms. The molecule has 1 aliphatic heterocycles. The maximum absolute atomic E-state index is 13.0. The van der Waals surface area contributed by atoms with Crippen LogP contribution >= 0.6 is 0 Å². The van der Waals surface area contributed by atoms with E-state index in [9.17, 15) is 18.0 Å². The number of fused-ring (bicyclic) bond motifs is 1. The summed E-state index contributed by atoms with van der Waals surface area (Å²) in [6, 6.07) is 21.8. The minimum absolute atomic E-state index is 0.263. The zero-order valence-electron chi connectivity index (χ0n) is 19.0. The number of sulfonamides is 1. The number of amides is 2. The number of para-hydroxylation sites is 1. The first-order valence-corrected chi connectivity index (χ1v) is 13.0. The lowest BCUT2D eigenvalue weighted by Gasteiger charge is -2.29. The Bertz CT molecular complexity index is 1310. The van der Waals surface area contributed by atoms with Crippen LogP contribution in [0.3, 0.4) is 0 Å². The third kappa shape index (κ3) is 5.46. The fourth-order valence-corrected chi connectivity index (χ4v) is 5.09. The monoisotopic (exact) mass is 477 g/mol. The van der Waals surface area contributed by atoms with Crippen molar-refractivity contribution in [2.24, 2.45) is 0 Å². The lowest BCUT2D eigenvalue weighted by atomic mass is 10.0. The van der Waals surface area contributed by atoms with Gasteiger partial charge in [-0.05, 0) is 60.7 Å². The molecule has 1 heterocycles. The van der Waals surface area contributed by atoms with E-state index in [2.05, 4.69) is 10.6 Å². The van der Waals surface area contributed by atoms with Gasteiger partial charge in [-0.3, -0.25) is 13.9 Å². The van der Waals surface area contributed by atoms with Gasteiger partial charge in [0.1, 0.15) is 0 Å². The van der Waals surface area contributed by atoms with Crippen LogP contribution in [0.15, 0.2) is 72.8 Å². The summed E-state index contributed by atoms with van der Waals surface area (Å²) < 4.78 is 25.5. The standard InChI is InChI=1S/C26H27N3O4S/c1-34(32,33)29-17-7-10-20-18-21(13-14-24(20)29)25(30)28-23-12-6-5-11-22(23)26(31)27-16-15-19-8-3-2-4-9-19/h2-6,8-9,11-14,18H,7,10,15-17H2,1H3,(H,27,31)(H,28,30). The minimum Gasteiger partial charge on any atom is -0.352 e. The van der Waals surface area contributed by atoms with Gasteiger partial charge in [-0.2, -0.15) is 0 Å². The summed E-state index contributed by atoms with van der Waals surface area (Å²) in [7, 11) is -3.37. The number of nitrogens with zero attached hydrogens (tertiary/aromatic N) is 1. The number of hydrogen-bond donors (Lipinski definition) is 2. The highest BCUT2D eigenvalue weighted by Crippen LogP contribution is 2.30. The van der Waals surface area contributed by atoms with Crippen molar-refractivity contribution in [1.82, 2.24) is 5.32 Å². The molecule has 0 atom stereocenters. The summed E-state index contributed by atoms with van der Waals surface area (Å²) in [6.45, 7) is 0.914. The average molecular weight is 478 g/mol. The van der Waals surface area contributed by atoms with Crippen molar-refractivity contribution in [1.29, 1.82) is 0 Å². The van der Waals surface area contributed by atoms with E-state index in [0.717, 1.165) is 11.1 Å². The van der Waals surface area contributed by atoms with Gasteiger partial charge in [0.25, 0.3) is 11.8 Å². The second kappa shape index (κ2) is 10.1. The van der Waals surface area contributed by atoms with Gasteiger partial charge in [-0.15, -0.1) is 0 Å². The lowest BCUT2D eigenvalue weighted by Crippen LogP contribution is -2.34. The number of anilines is 2. The molecular weight excluding hydrogens is 450 g/mol. The van der Waals surface area contributed by atoms with E-state index in [4.69, 9.17) is 0 Å². The predicted molar refractivity (Wildman–Crippen MR) is 134 cm³/mol. The van der Waals surface area contributed by atoms with Crippen molar-refractivity contribution in [2.75, 3.05) is 29.0 Å². The van der Waals surface area contributed by atoms with Crippen molar-refractivity contribution in [3.8, 4) is 0 Å². The van der Waals surface area contributed by atoms with Crippen molar-refractivity contribution in [2.45, 2.75) is 19.3 Å². The van der Waals surface area contributed by atoms with Gasteiger partial charge in [0.2, 0.25) is 10.0 Å². The van der Waals surface area contributed by atoms with Crippen LogP contribution in [0.5, 0.6) is 0 Å². The Balaban J connectivity index is 1.46. The lowest BCUT2D eigenvalue weighted by molar-refractivity contribution is 0.0955. The molecule has 2 N–H and O–H groups in total. The molecule has 1 aliphatic rings. The Kier molecular flexibility index (Phi) is 6.98. The molecule has 4 rings (SSSR count). The Morgan fingerprint density at radius 2 is 1.68 bits per heavy atom. The maximum atomic E-state index is 13.0. The quantitative estimate of drug-likeness (QED) is 0.543. The van der Waals surface area contributed by atoms with Gasteiger partial charge in [0.05, 0.1) is 23.2 Å². The SMILES string of the molecule is CS(=O)(=O)N1CCCc2cc(C(=O)Nc3ccccc3C(=O)NCCc3ccccc3)ccc21. The molecule has 8 heteroatoms. The van der Waals surface area contributed by atoms with E-state index in [-0.39, 0.29) is 11.8 Å². The first kappa shape index (κ1) is 23.5. The number of carbonyl (C=O) groups excluding carboxylic acids is 2. The van der Waals surface area contributed by atoms with Gasteiger partial charge in [-0.1, -0.05) is 42.5 Å². The van der Waals surface area contributed by atoms with Gasteiger partial charge in [0.15, 0.2) is 0 Å². The van der Waals surface area contributed by atoms with Crippen molar-refractivity contribution >= 4 is 33.2 Å². The summed E-state index contributed by atoms with van der Waals surface area (Å²) in [6.07, 6.45) is 3.28. The highest BCUT2D eigenvalue weighted by atomic mass is 32.2. The molecule has 0 saturated heterocycles. The van der Waals surface area contributed by atoms with E-state index < -0.39 is 10.0 Å². The molecule has 34 heavy (non-hydrogen) atoms. The Morgan fingerprint density at radius 1 is 0.941 bits per heavy atom. The zero-order valence-corrected chi connectivity index (χ0v) is 19.8. The minimum atomic E-state index is -3.37. The first-order chi connectivity index (χ1) is 16.3. The molecule has 3 aromatic carbocycles. The van der Waals surface area contributed by atoms with E-state index in [1.54, 1.807) is 42.5 Å². The summed E-state index contributed by atoms with van der Waals surface area (Å²) in [4.78, 5) is 25.7. The van der Waals surface area contributed by atoms with Crippen LogP contribution in [0, 0.1) is 0 Å². The molecule has 7 nitrogen and oxygen atoms in total. The third-order valence-corrected chi connectivity index (χ3v) is 6.96. The number of hydrogen-bond acceptors (Lipinski definition) is 4. The van der Waals surface area contributed by atoms with E-state index >= 15 is 0 Å². The predicted octanol–water partition coefficient (Wildman–Crippen LogP) is 3.62. The van der Waals surface area contributed by atoms with E-state index in [1.165, 1.54) is 10.6 Å². The van der Waals surface area contributed by atoms with Crippen molar-refractivity contribution < 1.29 is 18.0 Å². The maximum Gasteiger partial charge on any atom is 0.255 e. The topological polar surface area (TPSA) is 95.6 Å².